The molecule has 0 aliphatic rings. The molecule has 3 heteroatoms. The van der Waals surface area contributed by atoms with Gasteiger partial charge >= 0.3 is 5.97 Å². The Kier molecular flexibility index (Phi) is 6.66. The van der Waals surface area contributed by atoms with Gasteiger partial charge in [-0.15, -0.1) is 5.92 Å². The average molecular weight is 274 g/mol. The van der Waals surface area contributed by atoms with E-state index in [1.807, 2.05) is 31.2 Å². The Balaban J connectivity index is 2.76. The van der Waals surface area contributed by atoms with E-state index in [1.54, 1.807) is 6.92 Å². The second-order valence-corrected chi connectivity index (χ2v) is 4.83. The SMILES string of the molecule is CC#C[C@H](CC(=O)O)c1ccc(O[C@H](C)CCC)cc1. The quantitative estimate of drug-likeness (QED) is 0.768. The minimum Gasteiger partial charge on any atom is -0.491 e. The van der Waals surface area contributed by atoms with Crippen molar-refractivity contribution in [2.45, 2.75) is 52.1 Å². The third-order valence-electron chi connectivity index (χ3n) is 3.01. The predicted octanol–water partition coefficient (Wildman–Crippen LogP) is 3.84. The third-order valence-corrected chi connectivity index (χ3v) is 3.01. The minimum absolute atomic E-state index is 0.0211. The van der Waals surface area contributed by atoms with Crippen LogP contribution in [0.2, 0.25) is 0 Å². The second-order valence-electron chi connectivity index (χ2n) is 4.83. The monoisotopic (exact) mass is 274 g/mol. The van der Waals surface area contributed by atoms with Crippen molar-refractivity contribution in [1.82, 2.24) is 0 Å². The van der Waals surface area contributed by atoms with Gasteiger partial charge in [-0.3, -0.25) is 4.79 Å². The van der Waals surface area contributed by atoms with Gasteiger partial charge in [-0.25, -0.2) is 0 Å². The van der Waals surface area contributed by atoms with Gasteiger partial charge in [0.2, 0.25) is 0 Å². The number of rotatable bonds is 7. The van der Waals surface area contributed by atoms with Crippen LogP contribution in [0.3, 0.4) is 0 Å². The number of hydrogen-bond donors (Lipinski definition) is 1. The summed E-state index contributed by atoms with van der Waals surface area (Å²) < 4.78 is 5.78. The van der Waals surface area contributed by atoms with E-state index in [4.69, 9.17) is 9.84 Å². The van der Waals surface area contributed by atoms with Crippen LogP contribution in [0.5, 0.6) is 5.75 Å². The fourth-order valence-electron chi connectivity index (χ4n) is 2.08. The van der Waals surface area contributed by atoms with Crippen LogP contribution in [0, 0.1) is 11.8 Å². The number of aliphatic carboxylic acids is 1. The fourth-order valence-corrected chi connectivity index (χ4v) is 2.08. The Labute approximate surface area is 121 Å². The molecule has 0 aliphatic heterocycles. The molecule has 1 rings (SSSR count). The van der Waals surface area contributed by atoms with Gasteiger partial charge in [0.25, 0.3) is 0 Å². The van der Waals surface area contributed by atoms with Gasteiger partial charge in [-0.05, 0) is 38.0 Å². The van der Waals surface area contributed by atoms with Crippen molar-refractivity contribution in [2.24, 2.45) is 0 Å². The van der Waals surface area contributed by atoms with Gasteiger partial charge < -0.3 is 9.84 Å². The first-order chi connectivity index (χ1) is 9.56. The number of ether oxygens (including phenoxy) is 1. The van der Waals surface area contributed by atoms with Crippen LogP contribution in [-0.2, 0) is 4.79 Å². The van der Waals surface area contributed by atoms with E-state index in [2.05, 4.69) is 18.8 Å². The number of carboxylic acid groups (broad SMARTS) is 1. The molecule has 1 aromatic rings. The molecule has 3 nitrogen and oxygen atoms in total. The molecule has 0 saturated heterocycles. The Hall–Kier alpha value is -1.95. The number of benzene rings is 1. The first-order valence-electron chi connectivity index (χ1n) is 6.97. The van der Waals surface area contributed by atoms with E-state index in [0.29, 0.717) is 0 Å². The highest BCUT2D eigenvalue weighted by Crippen LogP contribution is 2.23. The van der Waals surface area contributed by atoms with Crippen LogP contribution >= 0.6 is 0 Å². The van der Waals surface area contributed by atoms with E-state index in [-0.39, 0.29) is 18.4 Å². The molecule has 2 atom stereocenters. The Morgan fingerprint density at radius 3 is 2.50 bits per heavy atom. The first kappa shape index (κ1) is 16.1. The van der Waals surface area contributed by atoms with Gasteiger partial charge in [0, 0.05) is 0 Å². The third kappa shape index (κ3) is 5.36. The van der Waals surface area contributed by atoms with Crippen LogP contribution in [0.1, 0.15) is 51.5 Å². The maximum atomic E-state index is 10.8. The molecule has 0 amide bonds. The van der Waals surface area contributed by atoms with E-state index in [1.165, 1.54) is 0 Å². The molecule has 0 saturated carbocycles. The van der Waals surface area contributed by atoms with Crippen molar-refractivity contribution in [3.05, 3.63) is 29.8 Å². The van der Waals surface area contributed by atoms with Gasteiger partial charge in [0.15, 0.2) is 0 Å². The maximum absolute atomic E-state index is 10.8. The molecule has 0 spiro atoms. The van der Waals surface area contributed by atoms with Crippen LogP contribution in [-0.4, -0.2) is 17.2 Å². The standard InChI is InChI=1S/C17H22O3/c1-4-6-13(3)20-16-10-8-14(9-11-16)15(7-5-2)12-17(18)19/h8-11,13,15H,4,6,12H2,1-3H3,(H,18,19)/t13-,15-/m1/s1. The molecule has 0 aliphatic carbocycles. The highest BCUT2D eigenvalue weighted by molar-refractivity contribution is 5.69. The summed E-state index contributed by atoms with van der Waals surface area (Å²) in [5.41, 5.74) is 0.914. The Bertz CT molecular complexity index is 479. The molecule has 0 aromatic heterocycles. The molecule has 0 fully saturated rings. The summed E-state index contributed by atoms with van der Waals surface area (Å²) in [4.78, 5) is 10.8. The van der Waals surface area contributed by atoms with Gasteiger partial charge in [0.05, 0.1) is 18.4 Å². The predicted molar refractivity (Wildman–Crippen MR) is 79.9 cm³/mol. The van der Waals surface area contributed by atoms with Gasteiger partial charge in [0.1, 0.15) is 5.75 Å². The number of carbonyl (C=O) groups is 1. The molecule has 0 heterocycles. The van der Waals surface area contributed by atoms with Crippen molar-refractivity contribution in [3.63, 3.8) is 0 Å². The first-order valence-corrected chi connectivity index (χ1v) is 6.97. The van der Waals surface area contributed by atoms with E-state index in [0.717, 1.165) is 24.2 Å². The van der Waals surface area contributed by atoms with E-state index < -0.39 is 5.97 Å². The van der Waals surface area contributed by atoms with Crippen molar-refractivity contribution in [2.75, 3.05) is 0 Å². The van der Waals surface area contributed by atoms with E-state index >= 15 is 0 Å². The molecular formula is C17H22O3. The zero-order valence-corrected chi connectivity index (χ0v) is 12.3. The normalized spacial score (nSPS) is 12.9. The smallest absolute Gasteiger partial charge is 0.304 e. The van der Waals surface area contributed by atoms with Crippen LogP contribution in [0.15, 0.2) is 24.3 Å². The summed E-state index contributed by atoms with van der Waals surface area (Å²) in [5, 5.41) is 8.91. The average Bonchev–Trinajstić information content (AvgIpc) is 2.39. The molecule has 1 N–H and O–H groups in total. The van der Waals surface area contributed by atoms with Crippen LogP contribution < -0.4 is 4.74 Å². The lowest BCUT2D eigenvalue weighted by Crippen LogP contribution is -2.11. The molecule has 108 valence electrons. The summed E-state index contributed by atoms with van der Waals surface area (Å²) in [6, 6.07) is 7.55. The van der Waals surface area contributed by atoms with Gasteiger partial charge in [-0.1, -0.05) is 31.4 Å². The number of hydrogen-bond acceptors (Lipinski definition) is 2. The molecule has 0 bridgehead atoms. The highest BCUT2D eigenvalue weighted by atomic mass is 16.5. The summed E-state index contributed by atoms with van der Waals surface area (Å²) in [5.74, 6) is 5.44. The van der Waals surface area contributed by atoms with Crippen LogP contribution in [0.4, 0.5) is 0 Å². The molecular weight excluding hydrogens is 252 g/mol. The van der Waals surface area contributed by atoms with Crippen molar-refractivity contribution >= 4 is 5.97 Å². The lowest BCUT2D eigenvalue weighted by atomic mass is 9.96. The van der Waals surface area contributed by atoms with E-state index in [9.17, 15) is 4.79 Å². The zero-order chi connectivity index (χ0) is 15.0. The van der Waals surface area contributed by atoms with Gasteiger partial charge in [-0.2, -0.15) is 0 Å². The Morgan fingerprint density at radius 2 is 2.00 bits per heavy atom. The second kappa shape index (κ2) is 8.27. The summed E-state index contributed by atoms with van der Waals surface area (Å²) in [6.45, 7) is 5.90. The van der Waals surface area contributed by atoms with Crippen molar-refractivity contribution in [1.29, 1.82) is 0 Å². The van der Waals surface area contributed by atoms with Crippen molar-refractivity contribution < 1.29 is 14.6 Å². The molecule has 20 heavy (non-hydrogen) atoms. The minimum atomic E-state index is -0.838. The summed E-state index contributed by atoms with van der Waals surface area (Å²) >= 11 is 0. The molecule has 0 unspecified atom stereocenters. The lowest BCUT2D eigenvalue weighted by molar-refractivity contribution is -0.137. The Morgan fingerprint density at radius 1 is 1.35 bits per heavy atom. The summed E-state index contributed by atoms with van der Waals surface area (Å²) in [6.07, 6.45) is 2.32. The topological polar surface area (TPSA) is 46.5 Å². The maximum Gasteiger partial charge on any atom is 0.304 e. The molecule has 0 radical (unpaired) electrons. The zero-order valence-electron chi connectivity index (χ0n) is 12.3. The van der Waals surface area contributed by atoms with Crippen molar-refractivity contribution in [3.8, 4) is 17.6 Å². The number of carboxylic acids is 1. The molecule has 1 aromatic carbocycles. The summed E-state index contributed by atoms with van der Waals surface area (Å²) in [7, 11) is 0. The fraction of sp³-hybridized carbons (Fsp3) is 0.471. The lowest BCUT2D eigenvalue weighted by Gasteiger charge is -2.15. The largest absolute Gasteiger partial charge is 0.491 e. The van der Waals surface area contributed by atoms with Crippen LogP contribution in [0.25, 0.3) is 0 Å². The highest BCUT2D eigenvalue weighted by Gasteiger charge is 2.13.